The van der Waals surface area contributed by atoms with E-state index < -0.39 is 24.1 Å². The Labute approximate surface area is 196 Å². The summed E-state index contributed by atoms with van der Waals surface area (Å²) in [5.41, 5.74) is 1.44. The van der Waals surface area contributed by atoms with Crippen molar-refractivity contribution in [2.24, 2.45) is 11.8 Å². The van der Waals surface area contributed by atoms with Gasteiger partial charge in [0.05, 0.1) is 11.1 Å². The first-order valence-electron chi connectivity index (χ1n) is 11.2. The summed E-state index contributed by atoms with van der Waals surface area (Å²) in [5.74, 6) is -2.24. The van der Waals surface area contributed by atoms with E-state index in [1.54, 1.807) is 0 Å². The third-order valence-corrected chi connectivity index (χ3v) is 7.96. The maximum absolute atomic E-state index is 13.4. The number of carbonyl (C=O) groups is 2. The molecule has 12 heteroatoms. The molecular weight excluding hydrogens is 475 g/mol. The Hall–Kier alpha value is -2.89. The lowest BCUT2D eigenvalue weighted by Crippen LogP contribution is -2.34. The minimum Gasteiger partial charge on any atom is -0.449 e. The number of hydrogen-bond acceptors (Lipinski definition) is 7. The van der Waals surface area contributed by atoms with Crippen molar-refractivity contribution < 1.29 is 37.1 Å². The van der Waals surface area contributed by atoms with E-state index in [9.17, 15) is 27.9 Å². The van der Waals surface area contributed by atoms with E-state index in [2.05, 4.69) is 15.5 Å². The third-order valence-electron chi connectivity index (χ3n) is 6.76. The van der Waals surface area contributed by atoms with Crippen LogP contribution >= 0.6 is 11.3 Å². The molecule has 2 bridgehead atoms. The van der Waals surface area contributed by atoms with Gasteiger partial charge in [-0.3, -0.25) is 4.79 Å². The molecule has 1 saturated carbocycles. The zero-order valence-electron chi connectivity index (χ0n) is 18.0. The van der Waals surface area contributed by atoms with Gasteiger partial charge in [-0.05, 0) is 62.8 Å². The van der Waals surface area contributed by atoms with Crippen molar-refractivity contribution in [2.75, 3.05) is 5.32 Å². The van der Waals surface area contributed by atoms with Crippen LogP contribution in [0.2, 0.25) is 0 Å². The highest BCUT2D eigenvalue weighted by molar-refractivity contribution is 7.17. The molecule has 1 fully saturated rings. The van der Waals surface area contributed by atoms with E-state index in [-0.39, 0.29) is 23.5 Å². The fourth-order valence-electron chi connectivity index (χ4n) is 5.26. The zero-order chi connectivity index (χ0) is 24.0. The highest BCUT2D eigenvalue weighted by Crippen LogP contribution is 2.48. The Bertz CT molecular complexity index is 1160. The maximum Gasteiger partial charge on any atom is 0.511 e. The number of halogens is 3. The lowest BCUT2D eigenvalue weighted by atomic mass is 9.70. The van der Waals surface area contributed by atoms with Crippen LogP contribution < -0.4 is 5.32 Å². The Morgan fingerprint density at radius 1 is 1.09 bits per heavy atom. The van der Waals surface area contributed by atoms with Crippen LogP contribution in [0.25, 0.3) is 11.5 Å². The van der Waals surface area contributed by atoms with Crippen molar-refractivity contribution in [1.82, 2.24) is 10.1 Å². The largest absolute Gasteiger partial charge is 0.511 e. The van der Waals surface area contributed by atoms with Crippen molar-refractivity contribution in [2.45, 2.75) is 64.0 Å². The molecule has 0 unspecified atom stereocenters. The molecule has 0 radical (unpaired) electrons. The van der Waals surface area contributed by atoms with Gasteiger partial charge in [-0.15, -0.1) is 11.3 Å². The topological polar surface area (TPSA) is 115 Å². The number of anilines is 1. The van der Waals surface area contributed by atoms with E-state index >= 15 is 0 Å². The lowest BCUT2D eigenvalue weighted by molar-refractivity contribution is -0.146. The van der Waals surface area contributed by atoms with Gasteiger partial charge in [0.15, 0.2) is 0 Å². The first kappa shape index (κ1) is 22.9. The average Bonchev–Trinajstić information content (AvgIpc) is 3.32. The van der Waals surface area contributed by atoms with Gasteiger partial charge in [0.25, 0.3) is 17.6 Å². The Morgan fingerprint density at radius 2 is 1.79 bits per heavy atom. The zero-order valence-corrected chi connectivity index (χ0v) is 18.9. The number of nitrogens with zero attached hydrogens (tertiary/aromatic N) is 2. The average molecular weight is 497 g/mol. The van der Waals surface area contributed by atoms with Crippen LogP contribution in [0.4, 0.5) is 23.0 Å². The molecule has 0 atom stereocenters. The van der Waals surface area contributed by atoms with Gasteiger partial charge >= 0.3 is 12.3 Å². The first-order valence-corrected chi connectivity index (χ1v) is 12.1. The summed E-state index contributed by atoms with van der Waals surface area (Å²) in [6.45, 7) is 0. The number of hydrogen-bond donors (Lipinski definition) is 2. The Kier molecular flexibility index (Phi) is 5.86. The lowest BCUT2D eigenvalue weighted by Gasteiger charge is -2.37. The summed E-state index contributed by atoms with van der Waals surface area (Å²) in [7, 11) is 0. The molecule has 2 aromatic heterocycles. The molecule has 2 heterocycles. The third kappa shape index (κ3) is 4.19. The molecule has 0 spiro atoms. The number of aromatic nitrogens is 2. The number of alkyl halides is 3. The van der Waals surface area contributed by atoms with Gasteiger partial charge in [0.2, 0.25) is 0 Å². The Morgan fingerprint density at radius 3 is 2.47 bits per heavy atom. The van der Waals surface area contributed by atoms with E-state index in [0.717, 1.165) is 61.8 Å². The number of carbonyl (C=O) groups excluding carboxylic acids is 1. The number of carboxylic acid groups (broad SMARTS) is 1. The molecule has 182 valence electrons. The molecule has 6 rings (SSSR count). The predicted octanol–water partition coefficient (Wildman–Crippen LogP) is 5.79. The minimum atomic E-state index is -4.76. The van der Waals surface area contributed by atoms with Gasteiger partial charge in [0, 0.05) is 10.8 Å². The van der Waals surface area contributed by atoms with Crippen LogP contribution in [0.15, 0.2) is 15.9 Å². The number of nitrogens with one attached hydrogen (secondary N) is 1. The summed E-state index contributed by atoms with van der Waals surface area (Å²) in [6, 6.07) is 0. The summed E-state index contributed by atoms with van der Waals surface area (Å²) < 4.78 is 49.4. The van der Waals surface area contributed by atoms with Gasteiger partial charge < -0.3 is 19.7 Å². The summed E-state index contributed by atoms with van der Waals surface area (Å²) in [4.78, 5) is 29.2. The molecule has 4 aliphatic carbocycles. The second-order valence-electron chi connectivity index (χ2n) is 8.84. The van der Waals surface area contributed by atoms with E-state index in [4.69, 9.17) is 9.26 Å². The quantitative estimate of drug-likeness (QED) is 0.406. The number of allylic oxidation sites excluding steroid dienone is 1. The number of aryl methyl sites for hydroxylation is 1. The molecule has 2 N–H and O–H groups in total. The van der Waals surface area contributed by atoms with Crippen LogP contribution in [0.1, 0.15) is 61.2 Å². The number of ether oxygens (including phenoxy) is 1. The SMILES string of the molecule is O=C(O)OC1=C(C(=O)Nc2sc3c(c2-c2nc(C(F)(F)F)no2)CCCCC3)C2CCC1CC2. The number of rotatable bonds is 4. The molecule has 4 aliphatic rings. The highest BCUT2D eigenvalue weighted by atomic mass is 32.1. The van der Waals surface area contributed by atoms with E-state index in [0.29, 0.717) is 22.6 Å². The van der Waals surface area contributed by atoms with Crippen LogP contribution in [-0.2, 0) is 28.5 Å². The molecule has 2 aromatic rings. The van der Waals surface area contributed by atoms with Crippen LogP contribution in [-0.4, -0.2) is 27.3 Å². The number of fused-ring (bicyclic) bond motifs is 3. The standard InChI is InChI=1S/C22H22F3N3O5S/c23-22(24,25)20-27-18(33-28-20)15-12-4-2-1-3-5-13(12)34-19(15)26-17(29)14-10-6-8-11(9-7-10)16(14)32-21(30)31/h10-11H,1-9H2,(H,26,29)(H,30,31). The molecule has 34 heavy (non-hydrogen) atoms. The monoisotopic (exact) mass is 497 g/mol. The second kappa shape index (κ2) is 8.71. The van der Waals surface area contributed by atoms with Crippen molar-refractivity contribution >= 4 is 28.4 Å². The summed E-state index contributed by atoms with van der Waals surface area (Å²) >= 11 is 1.29. The van der Waals surface area contributed by atoms with Crippen molar-refractivity contribution in [3.8, 4) is 11.5 Å². The van der Waals surface area contributed by atoms with Gasteiger partial charge in [-0.2, -0.15) is 18.2 Å². The van der Waals surface area contributed by atoms with Crippen LogP contribution in [0.3, 0.4) is 0 Å². The van der Waals surface area contributed by atoms with Gasteiger partial charge in [-0.25, -0.2) is 4.79 Å². The van der Waals surface area contributed by atoms with Gasteiger partial charge in [0.1, 0.15) is 10.8 Å². The highest BCUT2D eigenvalue weighted by Gasteiger charge is 2.42. The van der Waals surface area contributed by atoms with Crippen LogP contribution in [0, 0.1) is 11.8 Å². The normalized spacial score (nSPS) is 22.3. The smallest absolute Gasteiger partial charge is 0.449 e. The van der Waals surface area contributed by atoms with Crippen LogP contribution in [0.5, 0.6) is 0 Å². The summed E-state index contributed by atoms with van der Waals surface area (Å²) in [6.07, 6.45) is 0.945. The summed E-state index contributed by atoms with van der Waals surface area (Å²) in [5, 5.41) is 15.4. The number of amides is 1. The maximum atomic E-state index is 13.4. The van der Waals surface area contributed by atoms with E-state index in [1.165, 1.54) is 11.3 Å². The predicted molar refractivity (Wildman–Crippen MR) is 114 cm³/mol. The van der Waals surface area contributed by atoms with Crippen molar-refractivity contribution in [1.29, 1.82) is 0 Å². The minimum absolute atomic E-state index is 0.124. The number of thiophene rings is 1. The van der Waals surface area contributed by atoms with Gasteiger partial charge in [-0.1, -0.05) is 11.6 Å². The Balaban J connectivity index is 1.54. The molecule has 8 nitrogen and oxygen atoms in total. The second-order valence-corrected chi connectivity index (χ2v) is 9.94. The first-order chi connectivity index (χ1) is 16.2. The molecule has 0 saturated heterocycles. The molecule has 1 amide bonds. The van der Waals surface area contributed by atoms with Crippen molar-refractivity contribution in [3.05, 3.63) is 27.6 Å². The van der Waals surface area contributed by atoms with Crippen molar-refractivity contribution in [3.63, 3.8) is 0 Å². The molecular formula is C22H22F3N3O5S. The fourth-order valence-corrected chi connectivity index (χ4v) is 6.54. The fraction of sp³-hybridized carbons (Fsp3) is 0.545. The molecule has 0 aromatic carbocycles. The van der Waals surface area contributed by atoms with E-state index in [1.807, 2.05) is 0 Å². The molecule has 0 aliphatic heterocycles.